The van der Waals surface area contributed by atoms with E-state index in [9.17, 15) is 19.7 Å². The molecule has 30 heavy (non-hydrogen) atoms. The van der Waals surface area contributed by atoms with Crippen molar-refractivity contribution in [2.45, 2.75) is 25.3 Å². The number of amides is 1. The first-order chi connectivity index (χ1) is 14.6. The Balaban J connectivity index is 1.57. The maximum atomic E-state index is 12.9. The second-order valence-electron chi connectivity index (χ2n) is 6.93. The van der Waals surface area contributed by atoms with Crippen molar-refractivity contribution in [3.05, 3.63) is 111 Å². The first-order valence-electron chi connectivity index (χ1n) is 9.79. The van der Waals surface area contributed by atoms with Gasteiger partial charge in [-0.15, -0.1) is 0 Å². The lowest BCUT2D eigenvalue weighted by Crippen LogP contribution is -2.31. The standard InChI is InChI=1S/C23H23N3O4/c27-21-14-13-20(26(29)30)17-25(21)16-8-7-15-24-23(28)22(18-9-3-1-4-10-18)19-11-5-2-6-12-19/h1-6,9-14,17,22H,7-8,15-16H2,(H,24,28). The Labute approximate surface area is 174 Å². The zero-order valence-electron chi connectivity index (χ0n) is 16.4. The summed E-state index contributed by atoms with van der Waals surface area (Å²) < 4.78 is 1.33. The van der Waals surface area contributed by atoms with E-state index in [0.717, 1.165) is 11.1 Å². The van der Waals surface area contributed by atoms with Crippen LogP contribution < -0.4 is 10.9 Å². The topological polar surface area (TPSA) is 94.2 Å². The van der Waals surface area contributed by atoms with Gasteiger partial charge in [-0.2, -0.15) is 0 Å². The molecule has 0 saturated heterocycles. The van der Waals surface area contributed by atoms with Crippen LogP contribution in [0.15, 0.2) is 83.8 Å². The van der Waals surface area contributed by atoms with Gasteiger partial charge in [0.2, 0.25) is 5.91 Å². The summed E-state index contributed by atoms with van der Waals surface area (Å²) in [5.41, 5.74) is 1.45. The molecule has 0 spiro atoms. The van der Waals surface area contributed by atoms with Crippen molar-refractivity contribution in [2.75, 3.05) is 6.54 Å². The molecule has 7 nitrogen and oxygen atoms in total. The highest BCUT2D eigenvalue weighted by molar-refractivity contribution is 5.87. The van der Waals surface area contributed by atoms with E-state index in [0.29, 0.717) is 25.9 Å². The van der Waals surface area contributed by atoms with Crippen molar-refractivity contribution < 1.29 is 9.72 Å². The van der Waals surface area contributed by atoms with Crippen molar-refractivity contribution in [1.29, 1.82) is 0 Å². The third kappa shape index (κ3) is 5.41. The third-order valence-corrected chi connectivity index (χ3v) is 4.83. The van der Waals surface area contributed by atoms with Crippen LogP contribution in [0.3, 0.4) is 0 Å². The van der Waals surface area contributed by atoms with E-state index in [4.69, 9.17) is 0 Å². The van der Waals surface area contributed by atoms with E-state index < -0.39 is 10.8 Å². The number of rotatable bonds is 9. The van der Waals surface area contributed by atoms with Gasteiger partial charge in [0.25, 0.3) is 11.2 Å². The van der Waals surface area contributed by atoms with Crippen LogP contribution in [-0.4, -0.2) is 21.9 Å². The summed E-state index contributed by atoms with van der Waals surface area (Å²) in [5, 5.41) is 13.8. The predicted molar refractivity (Wildman–Crippen MR) is 114 cm³/mol. The fourth-order valence-electron chi connectivity index (χ4n) is 3.31. The molecular weight excluding hydrogens is 382 g/mol. The zero-order valence-corrected chi connectivity index (χ0v) is 16.4. The molecule has 154 valence electrons. The van der Waals surface area contributed by atoms with Gasteiger partial charge in [0.15, 0.2) is 0 Å². The molecule has 0 atom stereocenters. The minimum atomic E-state index is -0.524. The molecule has 1 N–H and O–H groups in total. The van der Waals surface area contributed by atoms with Crippen LogP contribution in [0.2, 0.25) is 0 Å². The van der Waals surface area contributed by atoms with Crippen molar-refractivity contribution in [1.82, 2.24) is 9.88 Å². The van der Waals surface area contributed by atoms with Gasteiger partial charge < -0.3 is 9.88 Å². The van der Waals surface area contributed by atoms with Crippen LogP contribution in [0.4, 0.5) is 5.69 Å². The molecule has 1 amide bonds. The van der Waals surface area contributed by atoms with Gasteiger partial charge in [0.1, 0.15) is 0 Å². The Morgan fingerprint density at radius 3 is 2.10 bits per heavy atom. The number of hydrogen-bond acceptors (Lipinski definition) is 4. The number of nitrogens with zero attached hydrogens (tertiary/aromatic N) is 2. The summed E-state index contributed by atoms with van der Waals surface area (Å²) in [4.78, 5) is 35.1. The van der Waals surface area contributed by atoms with Crippen molar-refractivity contribution in [2.24, 2.45) is 0 Å². The highest BCUT2D eigenvalue weighted by Crippen LogP contribution is 2.24. The summed E-state index contributed by atoms with van der Waals surface area (Å²) in [5.74, 6) is -0.480. The molecule has 0 saturated carbocycles. The van der Waals surface area contributed by atoms with E-state index in [1.165, 1.54) is 22.9 Å². The molecule has 2 aromatic carbocycles. The van der Waals surface area contributed by atoms with Crippen LogP contribution in [-0.2, 0) is 11.3 Å². The summed E-state index contributed by atoms with van der Waals surface area (Å²) >= 11 is 0. The van der Waals surface area contributed by atoms with E-state index in [1.54, 1.807) is 0 Å². The number of benzene rings is 2. The number of carbonyl (C=O) groups is 1. The summed E-state index contributed by atoms with van der Waals surface area (Å²) in [7, 11) is 0. The van der Waals surface area contributed by atoms with E-state index in [-0.39, 0.29) is 17.2 Å². The SMILES string of the molecule is O=C(NCCCCn1cc([N+](=O)[O-])ccc1=O)C(c1ccccc1)c1ccccc1. The molecule has 0 radical (unpaired) electrons. The lowest BCUT2D eigenvalue weighted by molar-refractivity contribution is -0.385. The Morgan fingerprint density at radius 1 is 0.933 bits per heavy atom. The molecule has 0 aliphatic heterocycles. The molecule has 0 bridgehead atoms. The molecule has 1 aromatic heterocycles. The summed E-state index contributed by atoms with van der Waals surface area (Å²) in [6.45, 7) is 0.815. The number of carbonyl (C=O) groups excluding carboxylic acids is 1. The van der Waals surface area contributed by atoms with Crippen LogP contribution in [0.25, 0.3) is 0 Å². The molecule has 3 aromatic rings. The molecule has 3 rings (SSSR count). The first kappa shape index (κ1) is 21.0. The number of aromatic nitrogens is 1. The number of nitrogens with one attached hydrogen (secondary N) is 1. The monoisotopic (exact) mass is 405 g/mol. The summed E-state index contributed by atoms with van der Waals surface area (Å²) in [6.07, 6.45) is 2.52. The number of aryl methyl sites for hydroxylation is 1. The number of nitro groups is 1. The second kappa shape index (κ2) is 10.2. The summed E-state index contributed by atoms with van der Waals surface area (Å²) in [6, 6.07) is 21.6. The quantitative estimate of drug-likeness (QED) is 0.335. The molecule has 0 fully saturated rings. The average molecular weight is 405 g/mol. The number of pyridine rings is 1. The Kier molecular flexibility index (Phi) is 7.10. The van der Waals surface area contributed by atoms with Crippen molar-refractivity contribution in [3.63, 3.8) is 0 Å². The van der Waals surface area contributed by atoms with Gasteiger partial charge in [-0.3, -0.25) is 19.7 Å². The fourth-order valence-corrected chi connectivity index (χ4v) is 3.31. The highest BCUT2D eigenvalue weighted by atomic mass is 16.6. The third-order valence-electron chi connectivity index (χ3n) is 4.83. The second-order valence-corrected chi connectivity index (χ2v) is 6.93. The van der Waals surface area contributed by atoms with Crippen molar-refractivity contribution in [3.8, 4) is 0 Å². The largest absolute Gasteiger partial charge is 0.355 e. The highest BCUT2D eigenvalue weighted by Gasteiger charge is 2.21. The lowest BCUT2D eigenvalue weighted by atomic mass is 9.90. The number of unbranched alkanes of at least 4 members (excludes halogenated alkanes) is 1. The Bertz CT molecular complexity index is 1010. The van der Waals surface area contributed by atoms with Crippen LogP contribution in [0.1, 0.15) is 29.9 Å². The van der Waals surface area contributed by atoms with E-state index in [1.807, 2.05) is 60.7 Å². The molecule has 7 heteroatoms. The van der Waals surface area contributed by atoms with Gasteiger partial charge in [-0.25, -0.2) is 0 Å². The molecule has 0 aliphatic rings. The van der Waals surface area contributed by atoms with Gasteiger partial charge in [0.05, 0.1) is 17.0 Å². The maximum absolute atomic E-state index is 12.9. The normalized spacial score (nSPS) is 10.7. The van der Waals surface area contributed by atoms with Gasteiger partial charge in [-0.1, -0.05) is 60.7 Å². The van der Waals surface area contributed by atoms with E-state index >= 15 is 0 Å². The minimum Gasteiger partial charge on any atom is -0.355 e. The van der Waals surface area contributed by atoms with Gasteiger partial charge >= 0.3 is 0 Å². The molecular formula is C23H23N3O4. The van der Waals surface area contributed by atoms with Gasteiger partial charge in [0, 0.05) is 25.2 Å². The average Bonchev–Trinajstić information content (AvgIpc) is 2.76. The lowest BCUT2D eigenvalue weighted by Gasteiger charge is -2.18. The smallest absolute Gasteiger partial charge is 0.285 e. The fraction of sp³-hybridized carbons (Fsp3) is 0.217. The predicted octanol–water partition coefficient (Wildman–Crippen LogP) is 3.49. The molecule has 1 heterocycles. The Hall–Kier alpha value is -3.74. The number of hydrogen-bond donors (Lipinski definition) is 1. The Morgan fingerprint density at radius 2 is 1.53 bits per heavy atom. The zero-order chi connectivity index (χ0) is 21.3. The molecule has 0 aliphatic carbocycles. The van der Waals surface area contributed by atoms with Crippen LogP contribution >= 0.6 is 0 Å². The minimum absolute atomic E-state index is 0.0834. The van der Waals surface area contributed by atoms with Crippen LogP contribution in [0, 0.1) is 10.1 Å². The maximum Gasteiger partial charge on any atom is 0.285 e. The van der Waals surface area contributed by atoms with Crippen molar-refractivity contribution >= 4 is 11.6 Å². The van der Waals surface area contributed by atoms with E-state index in [2.05, 4.69) is 5.32 Å². The van der Waals surface area contributed by atoms with Gasteiger partial charge in [-0.05, 0) is 24.0 Å². The molecule has 0 unspecified atom stereocenters. The van der Waals surface area contributed by atoms with Crippen LogP contribution in [0.5, 0.6) is 0 Å². The first-order valence-corrected chi connectivity index (χ1v) is 9.79.